The van der Waals surface area contributed by atoms with Crippen LogP contribution in [0.3, 0.4) is 0 Å². The van der Waals surface area contributed by atoms with Gasteiger partial charge < -0.3 is 23.7 Å². The zero-order valence-corrected chi connectivity index (χ0v) is 33.4. The molecule has 0 aromatic heterocycles. The van der Waals surface area contributed by atoms with E-state index in [1.807, 2.05) is 97.1 Å². The molecular weight excluding hydrogens is 737 g/mol. The summed E-state index contributed by atoms with van der Waals surface area (Å²) in [6, 6.07) is 49.6. The van der Waals surface area contributed by atoms with Crippen molar-refractivity contribution >= 4 is 0 Å². The molecule has 0 bridgehead atoms. The second-order valence-corrected chi connectivity index (χ2v) is 14.7. The predicted octanol–water partition coefficient (Wildman–Crippen LogP) is 10.9. The molecule has 0 aliphatic heterocycles. The molecule has 0 saturated carbocycles. The number of hydrogen-bond acceptors (Lipinski definition) is 9. The highest BCUT2D eigenvalue weighted by atomic mass is 16.5. The van der Waals surface area contributed by atoms with Crippen LogP contribution in [0.1, 0.15) is 72.2 Å². The lowest BCUT2D eigenvalue weighted by Crippen LogP contribution is -2.18. The first-order valence-electron chi connectivity index (χ1n) is 19.0. The van der Waals surface area contributed by atoms with E-state index in [0.717, 1.165) is 33.8 Å². The molecule has 292 valence electrons. The van der Waals surface area contributed by atoms with E-state index in [0.29, 0.717) is 60.6 Å². The second-order valence-electron chi connectivity index (χ2n) is 14.7. The smallest absolute Gasteiger partial charge is 0.128 e. The summed E-state index contributed by atoms with van der Waals surface area (Å²) >= 11 is 0. The molecule has 0 aliphatic carbocycles. The molecule has 0 unspecified atom stereocenters. The Kier molecular flexibility index (Phi) is 12.9. The maximum atomic E-state index is 9.31. The molecule has 9 nitrogen and oxygen atoms in total. The van der Waals surface area contributed by atoms with Crippen LogP contribution in [0.5, 0.6) is 34.5 Å². The van der Waals surface area contributed by atoms with Gasteiger partial charge in [0.05, 0.1) is 35.5 Å². The van der Waals surface area contributed by atoms with Gasteiger partial charge in [-0.3, -0.25) is 0 Å². The van der Waals surface area contributed by atoms with Crippen LogP contribution in [0.15, 0.2) is 133 Å². The third-order valence-electron chi connectivity index (χ3n) is 10.2. The number of hydrogen-bond donors (Lipinski definition) is 0. The van der Waals surface area contributed by atoms with Crippen LogP contribution >= 0.6 is 0 Å². The maximum Gasteiger partial charge on any atom is 0.128 e. The summed E-state index contributed by atoms with van der Waals surface area (Å²) in [7, 11) is 0. The third-order valence-corrected chi connectivity index (χ3v) is 10.2. The summed E-state index contributed by atoms with van der Waals surface area (Å²) < 4.78 is 29.5. The number of nitrogens with zero attached hydrogens (tertiary/aromatic N) is 4. The highest BCUT2D eigenvalue weighted by molar-refractivity contribution is 5.52. The van der Waals surface area contributed by atoms with E-state index in [2.05, 4.69) is 52.0 Å². The van der Waals surface area contributed by atoms with E-state index in [9.17, 15) is 10.5 Å². The highest BCUT2D eigenvalue weighted by Gasteiger charge is 2.24. The minimum Gasteiger partial charge on any atom is -0.491 e. The number of nitriles is 4. The van der Waals surface area contributed by atoms with Crippen molar-refractivity contribution in [1.29, 1.82) is 21.0 Å². The quantitative estimate of drug-likeness (QED) is 0.0877. The molecule has 0 N–H and O–H groups in total. The van der Waals surface area contributed by atoms with E-state index in [1.165, 1.54) is 0 Å². The van der Waals surface area contributed by atoms with Gasteiger partial charge in [0.1, 0.15) is 72.0 Å². The molecule has 0 amide bonds. The minimum absolute atomic E-state index is 0.275. The Bertz CT molecular complexity index is 2370. The molecule has 0 aliphatic rings. The Morgan fingerprint density at radius 3 is 0.949 bits per heavy atom. The van der Waals surface area contributed by atoms with Gasteiger partial charge in [0, 0.05) is 10.8 Å². The summed E-state index contributed by atoms with van der Waals surface area (Å²) in [6.07, 6.45) is 0. The summed E-state index contributed by atoms with van der Waals surface area (Å²) in [5, 5.41) is 36.9. The van der Waals surface area contributed by atoms with Crippen molar-refractivity contribution in [2.24, 2.45) is 0 Å². The Morgan fingerprint density at radius 2 is 0.644 bits per heavy atom. The van der Waals surface area contributed by atoms with Gasteiger partial charge in [0.15, 0.2) is 0 Å². The fourth-order valence-corrected chi connectivity index (χ4v) is 6.51. The Balaban J connectivity index is 0.906. The largest absolute Gasteiger partial charge is 0.491 e. The van der Waals surface area contributed by atoms with Crippen LogP contribution < -0.4 is 18.9 Å². The zero-order chi connectivity index (χ0) is 41.8. The van der Waals surface area contributed by atoms with Crippen LogP contribution in [0, 0.1) is 45.3 Å². The second kappa shape index (κ2) is 18.6. The fraction of sp³-hybridized carbons (Fsp3) is 0.200. The first-order chi connectivity index (χ1) is 28.5. The standard InChI is InChI=1S/C50H42N4O5/c1-49(2,41-11-21-45(22-12-41)58-47-15-5-35(31-51)37(29-47)33-53)39-7-17-43(18-8-39)56-27-25-55-26-28-57-44-19-9-40(10-20-44)50(3,4)42-13-23-46(24-14-42)59-48-16-6-36(32-52)38(30-48)34-54/h5-24,29-30H,25-28H2,1-4H3. The van der Waals surface area contributed by atoms with Gasteiger partial charge >= 0.3 is 0 Å². The first-order valence-corrected chi connectivity index (χ1v) is 19.0. The van der Waals surface area contributed by atoms with Crippen molar-refractivity contribution < 1.29 is 23.7 Å². The lowest BCUT2D eigenvalue weighted by molar-refractivity contribution is 0.0764. The summed E-state index contributed by atoms with van der Waals surface area (Å²) in [4.78, 5) is 0. The normalized spacial score (nSPS) is 11.0. The zero-order valence-electron chi connectivity index (χ0n) is 33.4. The topological polar surface area (TPSA) is 141 Å². The number of benzene rings is 6. The Morgan fingerprint density at radius 1 is 0.356 bits per heavy atom. The first kappa shape index (κ1) is 41.1. The molecule has 59 heavy (non-hydrogen) atoms. The van der Waals surface area contributed by atoms with Gasteiger partial charge in [-0.05, 0) is 107 Å². The molecule has 6 aromatic carbocycles. The van der Waals surface area contributed by atoms with Crippen LogP contribution in [0.2, 0.25) is 0 Å². The summed E-state index contributed by atoms with van der Waals surface area (Å²) in [6.45, 7) is 10.3. The average molecular weight is 779 g/mol. The van der Waals surface area contributed by atoms with Crippen molar-refractivity contribution in [2.45, 2.75) is 38.5 Å². The van der Waals surface area contributed by atoms with Gasteiger partial charge in [0.25, 0.3) is 0 Å². The summed E-state index contributed by atoms with van der Waals surface area (Å²) in [5.74, 6) is 3.79. The van der Waals surface area contributed by atoms with Crippen LogP contribution in [0.4, 0.5) is 0 Å². The van der Waals surface area contributed by atoms with Crippen molar-refractivity contribution in [3.8, 4) is 58.8 Å². The van der Waals surface area contributed by atoms with Crippen LogP contribution in [-0.2, 0) is 15.6 Å². The monoisotopic (exact) mass is 778 g/mol. The third kappa shape index (κ3) is 10.1. The van der Waals surface area contributed by atoms with Gasteiger partial charge in [-0.1, -0.05) is 76.2 Å². The van der Waals surface area contributed by atoms with Gasteiger partial charge in [-0.25, -0.2) is 0 Å². The number of ether oxygens (including phenoxy) is 5. The van der Waals surface area contributed by atoms with Crippen molar-refractivity contribution in [2.75, 3.05) is 26.4 Å². The number of rotatable bonds is 16. The average Bonchev–Trinajstić information content (AvgIpc) is 3.26. The molecule has 0 fully saturated rings. The molecule has 9 heteroatoms. The lowest BCUT2D eigenvalue weighted by atomic mass is 9.78. The molecule has 6 aromatic rings. The molecular formula is C50H42N4O5. The fourth-order valence-electron chi connectivity index (χ4n) is 6.51. The van der Waals surface area contributed by atoms with Crippen molar-refractivity contribution in [3.63, 3.8) is 0 Å². The maximum absolute atomic E-state index is 9.31. The Hall–Kier alpha value is -7.56. The van der Waals surface area contributed by atoms with E-state index in [1.54, 1.807) is 36.4 Å². The minimum atomic E-state index is -0.275. The molecule has 0 radical (unpaired) electrons. The van der Waals surface area contributed by atoms with E-state index < -0.39 is 0 Å². The molecule has 0 atom stereocenters. The lowest BCUT2D eigenvalue weighted by Gasteiger charge is -2.26. The molecule has 6 rings (SSSR count). The van der Waals surface area contributed by atoms with E-state index in [4.69, 9.17) is 34.2 Å². The Labute approximate surface area is 345 Å². The molecule has 0 heterocycles. The predicted molar refractivity (Wildman–Crippen MR) is 224 cm³/mol. The van der Waals surface area contributed by atoms with E-state index >= 15 is 0 Å². The van der Waals surface area contributed by atoms with Crippen LogP contribution in [0.25, 0.3) is 0 Å². The van der Waals surface area contributed by atoms with Crippen molar-refractivity contribution in [1.82, 2.24) is 0 Å². The van der Waals surface area contributed by atoms with Gasteiger partial charge in [-0.2, -0.15) is 21.0 Å². The van der Waals surface area contributed by atoms with Crippen molar-refractivity contribution in [3.05, 3.63) is 178 Å². The molecule has 0 saturated heterocycles. The molecule has 0 spiro atoms. The van der Waals surface area contributed by atoms with Crippen LogP contribution in [-0.4, -0.2) is 26.4 Å². The summed E-state index contributed by atoms with van der Waals surface area (Å²) in [5.41, 5.74) is 5.13. The SMILES string of the molecule is CC(C)(c1ccc(OCCOCCOc2ccc(C(C)(C)c3ccc(Oc4ccc(C#N)c(C#N)c4)cc3)cc2)cc1)c1ccc(Oc2ccc(C#N)c(C#N)c2)cc1. The van der Waals surface area contributed by atoms with E-state index in [-0.39, 0.29) is 22.0 Å². The van der Waals surface area contributed by atoms with Gasteiger partial charge in [-0.15, -0.1) is 0 Å². The van der Waals surface area contributed by atoms with Gasteiger partial charge in [0.2, 0.25) is 0 Å². The highest BCUT2D eigenvalue weighted by Crippen LogP contribution is 2.36.